The summed E-state index contributed by atoms with van der Waals surface area (Å²) in [6.07, 6.45) is 0. The Balaban J connectivity index is 2.20. The molecule has 0 saturated carbocycles. The lowest BCUT2D eigenvalue weighted by atomic mass is 10.1. The van der Waals surface area contributed by atoms with E-state index in [-0.39, 0.29) is 12.3 Å². The number of halogens is 1. The van der Waals surface area contributed by atoms with E-state index in [0.717, 1.165) is 5.56 Å². The standard InChI is InChI=1S/C15H15ClN2O3/c1-2-17-15-11(4-3-5-14(15)18(19)20)10-21-13-8-6-12(16)7-9-13/h3-9,17H,2,10H2,1H3. The molecule has 21 heavy (non-hydrogen) atoms. The Labute approximate surface area is 127 Å². The zero-order chi connectivity index (χ0) is 15.2. The molecule has 1 N–H and O–H groups in total. The van der Waals surface area contributed by atoms with Crippen molar-refractivity contribution in [3.8, 4) is 5.75 Å². The molecule has 0 aromatic heterocycles. The van der Waals surface area contributed by atoms with E-state index in [1.165, 1.54) is 6.07 Å². The maximum atomic E-state index is 11.1. The molecule has 6 heteroatoms. The molecule has 0 unspecified atom stereocenters. The van der Waals surface area contributed by atoms with E-state index in [2.05, 4.69) is 5.32 Å². The Morgan fingerprint density at radius 2 is 1.95 bits per heavy atom. The van der Waals surface area contributed by atoms with Crippen LogP contribution >= 0.6 is 11.6 Å². The number of hydrogen-bond acceptors (Lipinski definition) is 4. The van der Waals surface area contributed by atoms with Crippen LogP contribution in [0, 0.1) is 10.1 Å². The van der Waals surface area contributed by atoms with Gasteiger partial charge in [-0.1, -0.05) is 23.7 Å². The predicted octanol–water partition coefficient (Wildman–Crippen LogP) is 4.26. The molecule has 0 bridgehead atoms. The number of nitro benzene ring substituents is 1. The summed E-state index contributed by atoms with van der Waals surface area (Å²) in [6.45, 7) is 2.73. The molecule has 0 heterocycles. The van der Waals surface area contributed by atoms with Crippen molar-refractivity contribution in [2.24, 2.45) is 0 Å². The fraction of sp³-hybridized carbons (Fsp3) is 0.200. The van der Waals surface area contributed by atoms with Gasteiger partial charge >= 0.3 is 0 Å². The molecule has 110 valence electrons. The molecule has 0 aliphatic carbocycles. The third-order valence-corrected chi connectivity index (χ3v) is 3.14. The minimum Gasteiger partial charge on any atom is -0.489 e. The summed E-state index contributed by atoms with van der Waals surface area (Å²) in [4.78, 5) is 10.7. The summed E-state index contributed by atoms with van der Waals surface area (Å²) in [7, 11) is 0. The van der Waals surface area contributed by atoms with Gasteiger partial charge in [0.15, 0.2) is 0 Å². The third kappa shape index (κ3) is 3.86. The molecule has 0 aliphatic rings. The summed E-state index contributed by atoms with van der Waals surface area (Å²) in [6, 6.07) is 11.9. The number of ether oxygens (including phenoxy) is 1. The number of benzene rings is 2. The van der Waals surface area contributed by atoms with Crippen LogP contribution in [-0.2, 0) is 6.61 Å². The largest absolute Gasteiger partial charge is 0.489 e. The highest BCUT2D eigenvalue weighted by Gasteiger charge is 2.16. The summed E-state index contributed by atoms with van der Waals surface area (Å²) in [5.41, 5.74) is 1.29. The zero-order valence-electron chi connectivity index (χ0n) is 11.5. The van der Waals surface area contributed by atoms with Crippen LogP contribution in [0.4, 0.5) is 11.4 Å². The number of nitro groups is 1. The quantitative estimate of drug-likeness (QED) is 0.640. The number of para-hydroxylation sites is 1. The van der Waals surface area contributed by atoms with Crippen LogP contribution in [0.2, 0.25) is 5.02 Å². The SMILES string of the molecule is CCNc1c(COc2ccc(Cl)cc2)cccc1[N+](=O)[O-]. The minimum absolute atomic E-state index is 0.0501. The van der Waals surface area contributed by atoms with E-state index < -0.39 is 4.92 Å². The molecular formula is C15H15ClN2O3. The number of nitrogens with zero attached hydrogens (tertiary/aromatic N) is 1. The maximum absolute atomic E-state index is 11.1. The lowest BCUT2D eigenvalue weighted by Gasteiger charge is -2.12. The van der Waals surface area contributed by atoms with Gasteiger partial charge in [0.2, 0.25) is 0 Å². The van der Waals surface area contributed by atoms with E-state index in [4.69, 9.17) is 16.3 Å². The van der Waals surface area contributed by atoms with Crippen molar-refractivity contribution in [3.05, 3.63) is 63.2 Å². The minimum atomic E-state index is -0.399. The van der Waals surface area contributed by atoms with Crippen LogP contribution in [0.25, 0.3) is 0 Å². The van der Waals surface area contributed by atoms with Gasteiger partial charge < -0.3 is 10.1 Å². The number of rotatable bonds is 6. The average Bonchev–Trinajstić information content (AvgIpc) is 2.47. The summed E-state index contributed by atoms with van der Waals surface area (Å²) in [5, 5.41) is 14.7. The van der Waals surface area contributed by atoms with E-state index in [1.807, 2.05) is 6.92 Å². The van der Waals surface area contributed by atoms with Gasteiger partial charge in [0.1, 0.15) is 18.0 Å². The lowest BCUT2D eigenvalue weighted by Crippen LogP contribution is -2.06. The van der Waals surface area contributed by atoms with Crippen LogP contribution in [0.5, 0.6) is 5.75 Å². The monoisotopic (exact) mass is 306 g/mol. The van der Waals surface area contributed by atoms with Gasteiger partial charge in [-0.15, -0.1) is 0 Å². The van der Waals surface area contributed by atoms with E-state index in [9.17, 15) is 10.1 Å². The van der Waals surface area contributed by atoms with Crippen molar-refractivity contribution in [3.63, 3.8) is 0 Å². The second-order valence-corrected chi connectivity index (χ2v) is 4.78. The Bertz CT molecular complexity index is 629. The van der Waals surface area contributed by atoms with Crippen LogP contribution in [0.15, 0.2) is 42.5 Å². The molecule has 2 rings (SSSR count). The van der Waals surface area contributed by atoms with Gasteiger partial charge in [-0.05, 0) is 31.2 Å². The number of hydrogen-bond donors (Lipinski definition) is 1. The predicted molar refractivity (Wildman–Crippen MR) is 83.0 cm³/mol. The maximum Gasteiger partial charge on any atom is 0.292 e. The van der Waals surface area contributed by atoms with Crippen molar-refractivity contribution in [2.45, 2.75) is 13.5 Å². The topological polar surface area (TPSA) is 64.4 Å². The van der Waals surface area contributed by atoms with Gasteiger partial charge in [-0.2, -0.15) is 0 Å². The number of anilines is 1. The van der Waals surface area contributed by atoms with E-state index >= 15 is 0 Å². The third-order valence-electron chi connectivity index (χ3n) is 2.89. The second-order valence-electron chi connectivity index (χ2n) is 4.34. The molecule has 2 aromatic rings. The fourth-order valence-electron chi connectivity index (χ4n) is 1.93. The van der Waals surface area contributed by atoms with Crippen molar-refractivity contribution in [1.82, 2.24) is 0 Å². The summed E-state index contributed by atoms with van der Waals surface area (Å²) >= 11 is 5.81. The van der Waals surface area contributed by atoms with Gasteiger partial charge in [0.25, 0.3) is 5.69 Å². The normalized spacial score (nSPS) is 10.2. The molecule has 0 spiro atoms. The summed E-state index contributed by atoms with van der Waals surface area (Å²) in [5.74, 6) is 0.661. The smallest absolute Gasteiger partial charge is 0.292 e. The zero-order valence-corrected chi connectivity index (χ0v) is 12.3. The van der Waals surface area contributed by atoms with Gasteiger partial charge in [0.05, 0.1) is 4.92 Å². The molecule has 0 saturated heterocycles. The highest BCUT2D eigenvalue weighted by molar-refractivity contribution is 6.30. The second kappa shape index (κ2) is 6.95. The van der Waals surface area contributed by atoms with Crippen molar-refractivity contribution in [1.29, 1.82) is 0 Å². The first-order chi connectivity index (χ1) is 10.1. The van der Waals surface area contributed by atoms with E-state index in [0.29, 0.717) is 23.0 Å². The first-order valence-corrected chi connectivity index (χ1v) is 6.88. The molecule has 0 radical (unpaired) electrons. The van der Waals surface area contributed by atoms with Crippen molar-refractivity contribution >= 4 is 23.0 Å². The first kappa shape index (κ1) is 15.1. The lowest BCUT2D eigenvalue weighted by molar-refractivity contribution is -0.384. The fourth-order valence-corrected chi connectivity index (χ4v) is 2.06. The van der Waals surface area contributed by atoms with Gasteiger partial charge in [0, 0.05) is 23.2 Å². The molecule has 2 aromatic carbocycles. The highest BCUT2D eigenvalue weighted by atomic mass is 35.5. The van der Waals surface area contributed by atoms with Gasteiger partial charge in [-0.25, -0.2) is 0 Å². The first-order valence-electron chi connectivity index (χ1n) is 6.50. The van der Waals surface area contributed by atoms with E-state index in [1.54, 1.807) is 36.4 Å². The van der Waals surface area contributed by atoms with Crippen LogP contribution < -0.4 is 10.1 Å². The van der Waals surface area contributed by atoms with Crippen LogP contribution in [0.3, 0.4) is 0 Å². The highest BCUT2D eigenvalue weighted by Crippen LogP contribution is 2.29. The number of nitrogens with one attached hydrogen (secondary N) is 1. The molecule has 0 fully saturated rings. The average molecular weight is 307 g/mol. The Hall–Kier alpha value is -2.27. The molecule has 0 atom stereocenters. The summed E-state index contributed by atoms with van der Waals surface area (Å²) < 4.78 is 5.65. The van der Waals surface area contributed by atoms with Gasteiger partial charge in [-0.3, -0.25) is 10.1 Å². The Kier molecular flexibility index (Phi) is 5.00. The molecule has 0 aliphatic heterocycles. The molecule has 5 nitrogen and oxygen atoms in total. The van der Waals surface area contributed by atoms with Crippen LogP contribution in [-0.4, -0.2) is 11.5 Å². The van der Waals surface area contributed by atoms with Crippen molar-refractivity contribution in [2.75, 3.05) is 11.9 Å². The Morgan fingerprint density at radius 1 is 1.24 bits per heavy atom. The van der Waals surface area contributed by atoms with Crippen LogP contribution in [0.1, 0.15) is 12.5 Å². The molecular weight excluding hydrogens is 292 g/mol. The Morgan fingerprint density at radius 3 is 2.57 bits per heavy atom. The molecule has 0 amide bonds. The van der Waals surface area contributed by atoms with Crippen molar-refractivity contribution < 1.29 is 9.66 Å².